The molecule has 2 amide bonds. The lowest BCUT2D eigenvalue weighted by Crippen LogP contribution is -2.74. The van der Waals surface area contributed by atoms with Gasteiger partial charge in [0.25, 0.3) is 5.91 Å². The van der Waals surface area contributed by atoms with Crippen LogP contribution in [0, 0.1) is 40.6 Å². The summed E-state index contributed by atoms with van der Waals surface area (Å²) in [4.78, 5) is 40.8. The van der Waals surface area contributed by atoms with E-state index in [9.17, 15) is 9.59 Å². The van der Waals surface area contributed by atoms with Crippen molar-refractivity contribution in [3.05, 3.63) is 63.7 Å². The number of aromatic nitrogens is 1. The van der Waals surface area contributed by atoms with Gasteiger partial charge in [0.05, 0.1) is 29.4 Å². The Hall–Kier alpha value is -3.79. The minimum atomic E-state index is -0.456. The second kappa shape index (κ2) is 12.2. The summed E-state index contributed by atoms with van der Waals surface area (Å²) in [5.41, 5.74) is 1.70. The SMILES string of the molecule is [C-]#[N+]c1ccc(OC2C(C)(C)C(N3Cc4nc(C#CC5CCC(N6CC7(CN(C(=O)OC(C)(C)C)C7)C6)CC5)ccc4C3=O)C2(C)C)cc1Cl. The molecule has 9 nitrogen and oxygen atoms in total. The maximum atomic E-state index is 13.7. The zero-order chi connectivity index (χ0) is 35.8. The first-order valence-electron chi connectivity index (χ1n) is 17.9. The van der Waals surface area contributed by atoms with Crippen molar-refractivity contribution in [2.75, 3.05) is 26.2 Å². The summed E-state index contributed by atoms with van der Waals surface area (Å²) in [6, 6.07) is 9.48. The number of benzene rings is 1. The highest BCUT2D eigenvalue weighted by atomic mass is 35.5. The van der Waals surface area contributed by atoms with Gasteiger partial charge in [-0.25, -0.2) is 14.6 Å². The smallest absolute Gasteiger partial charge is 0.410 e. The number of pyridine rings is 1. The van der Waals surface area contributed by atoms with E-state index >= 15 is 0 Å². The lowest BCUT2D eigenvalue weighted by Gasteiger charge is -2.65. The normalized spacial score (nSPS) is 27.5. The molecule has 0 radical (unpaired) electrons. The number of likely N-dealkylation sites (tertiary alicyclic amines) is 2. The molecular formula is C40H48ClN5O4. The molecule has 1 aromatic carbocycles. The van der Waals surface area contributed by atoms with Crippen LogP contribution in [0.4, 0.5) is 10.5 Å². The summed E-state index contributed by atoms with van der Waals surface area (Å²) < 4.78 is 12.0. The summed E-state index contributed by atoms with van der Waals surface area (Å²) in [5.74, 6) is 7.82. The highest BCUT2D eigenvalue weighted by Gasteiger charge is 2.67. The molecule has 5 aliphatic rings. The zero-order valence-corrected chi connectivity index (χ0v) is 31.1. The molecule has 1 aromatic heterocycles. The van der Waals surface area contributed by atoms with E-state index in [2.05, 4.69) is 49.3 Å². The summed E-state index contributed by atoms with van der Waals surface area (Å²) in [6.45, 7) is 25.8. The van der Waals surface area contributed by atoms with Crippen LogP contribution in [0.3, 0.4) is 0 Å². The van der Waals surface area contributed by atoms with Crippen LogP contribution < -0.4 is 4.74 Å². The van der Waals surface area contributed by atoms with Crippen molar-refractivity contribution in [2.24, 2.45) is 22.2 Å². The zero-order valence-electron chi connectivity index (χ0n) is 30.3. The van der Waals surface area contributed by atoms with Crippen molar-refractivity contribution in [3.63, 3.8) is 0 Å². The molecule has 0 atom stereocenters. The summed E-state index contributed by atoms with van der Waals surface area (Å²) in [7, 11) is 0. The maximum absolute atomic E-state index is 13.7. The van der Waals surface area contributed by atoms with E-state index in [1.807, 2.05) is 42.7 Å². The first-order valence-corrected chi connectivity index (χ1v) is 18.3. The Labute approximate surface area is 301 Å². The van der Waals surface area contributed by atoms with E-state index in [1.165, 1.54) is 0 Å². The molecule has 4 heterocycles. The van der Waals surface area contributed by atoms with Crippen molar-refractivity contribution in [3.8, 4) is 17.6 Å². The summed E-state index contributed by atoms with van der Waals surface area (Å²) in [5, 5.41) is 0.371. The number of carbonyl (C=O) groups excluding carboxylic acids is 2. The number of halogens is 1. The third kappa shape index (κ3) is 6.11. The van der Waals surface area contributed by atoms with Gasteiger partial charge in [-0.3, -0.25) is 9.69 Å². The number of rotatable bonds is 4. The quantitative estimate of drug-likeness (QED) is 0.242. The molecule has 0 unspecified atom stereocenters. The van der Waals surface area contributed by atoms with Crippen LogP contribution in [0.15, 0.2) is 30.3 Å². The number of amides is 2. The number of hydrogen-bond acceptors (Lipinski definition) is 6. The van der Waals surface area contributed by atoms with E-state index in [0.29, 0.717) is 40.5 Å². The Morgan fingerprint density at radius 2 is 1.70 bits per heavy atom. The van der Waals surface area contributed by atoms with Gasteiger partial charge in [-0.05, 0) is 76.6 Å². The molecule has 1 spiro atoms. The first kappa shape index (κ1) is 34.6. The number of ether oxygens (including phenoxy) is 2. The first-order chi connectivity index (χ1) is 23.5. The van der Waals surface area contributed by atoms with Crippen molar-refractivity contribution < 1.29 is 19.1 Å². The third-order valence-electron chi connectivity index (χ3n) is 11.6. The molecule has 7 rings (SSSR count). The molecule has 2 saturated heterocycles. The predicted molar refractivity (Wildman–Crippen MR) is 192 cm³/mol. The monoisotopic (exact) mass is 697 g/mol. The molecule has 264 valence electrons. The van der Waals surface area contributed by atoms with Gasteiger partial charge in [0.15, 0.2) is 0 Å². The van der Waals surface area contributed by atoms with Crippen LogP contribution >= 0.6 is 11.6 Å². The third-order valence-corrected chi connectivity index (χ3v) is 11.9. The van der Waals surface area contributed by atoms with Gasteiger partial charge in [0.1, 0.15) is 23.1 Å². The van der Waals surface area contributed by atoms with Crippen molar-refractivity contribution >= 4 is 29.3 Å². The lowest BCUT2D eigenvalue weighted by atomic mass is 9.49. The largest absolute Gasteiger partial charge is 0.489 e. The maximum Gasteiger partial charge on any atom is 0.410 e. The van der Waals surface area contributed by atoms with Crippen molar-refractivity contribution in [1.82, 2.24) is 19.7 Å². The van der Waals surface area contributed by atoms with Gasteiger partial charge < -0.3 is 19.3 Å². The molecule has 10 heteroatoms. The Balaban J connectivity index is 0.915. The van der Waals surface area contributed by atoms with E-state index in [-0.39, 0.29) is 40.4 Å². The summed E-state index contributed by atoms with van der Waals surface area (Å²) in [6.07, 6.45) is 4.08. The van der Waals surface area contributed by atoms with Crippen molar-refractivity contribution in [2.45, 2.75) is 104 Å². The van der Waals surface area contributed by atoms with Gasteiger partial charge in [-0.2, -0.15) is 0 Å². The molecular weight excluding hydrogens is 650 g/mol. The minimum absolute atomic E-state index is 0.00612. The molecule has 4 fully saturated rings. The average Bonchev–Trinajstić information content (AvgIpc) is 3.30. The minimum Gasteiger partial charge on any atom is -0.489 e. The van der Waals surface area contributed by atoms with Crippen LogP contribution in [0.25, 0.3) is 4.85 Å². The highest BCUT2D eigenvalue weighted by Crippen LogP contribution is 2.59. The van der Waals surface area contributed by atoms with E-state index in [1.54, 1.807) is 18.2 Å². The number of fused-ring (bicyclic) bond motifs is 1. The Morgan fingerprint density at radius 1 is 1.02 bits per heavy atom. The Kier molecular flexibility index (Phi) is 8.43. The number of nitrogens with zero attached hydrogens (tertiary/aromatic N) is 5. The van der Waals surface area contributed by atoms with Crippen molar-refractivity contribution in [1.29, 1.82) is 0 Å². The Morgan fingerprint density at radius 3 is 2.32 bits per heavy atom. The lowest BCUT2D eigenvalue weighted by molar-refractivity contribution is -0.199. The van der Waals surface area contributed by atoms with Crippen LogP contribution in [-0.4, -0.2) is 81.7 Å². The molecule has 0 N–H and O–H groups in total. The van der Waals surface area contributed by atoms with Crippen LogP contribution in [0.2, 0.25) is 5.02 Å². The molecule has 2 aromatic rings. The van der Waals surface area contributed by atoms with Gasteiger partial charge in [0, 0.05) is 60.4 Å². The van der Waals surface area contributed by atoms with Crippen LogP contribution in [0.1, 0.15) is 95.9 Å². The molecule has 2 aliphatic carbocycles. The summed E-state index contributed by atoms with van der Waals surface area (Å²) >= 11 is 6.28. The highest BCUT2D eigenvalue weighted by molar-refractivity contribution is 6.33. The standard InChI is InChI=1S/C40H48ClN5O4/c1-37(2,3)50-36(48)45-23-40(24-45)21-44(22-40)27-14-10-25(11-15-27)9-12-26-13-17-29-32(43-26)20-46(33(29)47)34-38(4,5)35(39(34,6)7)49-28-16-18-31(42-8)30(41)19-28/h13,16-19,25,27,34-35H,10-11,14-15,20-24H2,1-7H3. The van der Waals surface area contributed by atoms with E-state index in [0.717, 1.165) is 63.3 Å². The fraction of sp³-hybridized carbons (Fsp3) is 0.600. The topological polar surface area (TPSA) is 79.6 Å². The predicted octanol–water partition coefficient (Wildman–Crippen LogP) is 7.59. The second-order valence-corrected chi connectivity index (χ2v) is 17.8. The second-order valence-electron chi connectivity index (χ2n) is 17.4. The van der Waals surface area contributed by atoms with Gasteiger partial charge in [-0.15, -0.1) is 0 Å². The molecule has 3 aliphatic heterocycles. The van der Waals surface area contributed by atoms with Crippen LogP contribution in [-0.2, 0) is 11.3 Å². The fourth-order valence-corrected chi connectivity index (χ4v) is 9.95. The van der Waals surface area contributed by atoms with Gasteiger partial charge >= 0.3 is 6.09 Å². The Bertz CT molecular complexity index is 1790. The van der Waals surface area contributed by atoms with E-state index < -0.39 is 5.60 Å². The fourth-order valence-electron chi connectivity index (χ4n) is 9.74. The van der Waals surface area contributed by atoms with Gasteiger partial charge in [-0.1, -0.05) is 51.3 Å². The average molecular weight is 698 g/mol. The number of carbonyl (C=O) groups is 2. The molecule has 0 bridgehead atoms. The number of hydrogen-bond donors (Lipinski definition) is 0. The molecule has 50 heavy (non-hydrogen) atoms. The van der Waals surface area contributed by atoms with E-state index in [4.69, 9.17) is 32.6 Å². The molecule has 2 saturated carbocycles. The van der Waals surface area contributed by atoms with Crippen LogP contribution in [0.5, 0.6) is 5.75 Å². The van der Waals surface area contributed by atoms with Gasteiger partial charge in [0.2, 0.25) is 5.69 Å².